The predicted octanol–water partition coefficient (Wildman–Crippen LogP) is 5.10. The molecule has 0 saturated heterocycles. The van der Waals surface area contributed by atoms with Crippen LogP contribution < -0.4 is 20.7 Å². The van der Waals surface area contributed by atoms with Gasteiger partial charge >= 0.3 is 6.03 Å². The Kier molecular flexibility index (Phi) is 6.23. The fraction of sp³-hybridized carbons (Fsp3) is 0.190. The van der Waals surface area contributed by atoms with Crippen LogP contribution in [0.5, 0.6) is 5.88 Å². The van der Waals surface area contributed by atoms with Gasteiger partial charge < -0.3 is 20.7 Å². The number of benzene rings is 2. The number of ether oxygens (including phenoxy) is 1. The molecule has 0 spiro atoms. The van der Waals surface area contributed by atoms with E-state index in [0.717, 1.165) is 5.69 Å². The number of halogens is 1. The highest BCUT2D eigenvalue weighted by molar-refractivity contribution is 5.99. The summed E-state index contributed by atoms with van der Waals surface area (Å²) in [6.07, 6.45) is 0.0121. The summed E-state index contributed by atoms with van der Waals surface area (Å²) in [6.45, 7) is 5.65. The van der Waals surface area contributed by atoms with E-state index < -0.39 is 11.8 Å². The van der Waals surface area contributed by atoms with E-state index in [9.17, 15) is 9.18 Å². The molecule has 0 fully saturated rings. The van der Waals surface area contributed by atoms with Crippen LogP contribution >= 0.6 is 0 Å². The van der Waals surface area contributed by atoms with Crippen molar-refractivity contribution >= 4 is 28.9 Å². The molecule has 29 heavy (non-hydrogen) atoms. The SMILES string of the molecule is Cc1nc(Nc2ccc(NC(=O)Nc3ccccc3F)cc2)cc(OC(C)C)n1. The van der Waals surface area contributed by atoms with Crippen molar-refractivity contribution in [2.45, 2.75) is 26.9 Å². The zero-order valence-corrected chi connectivity index (χ0v) is 16.4. The number of hydrogen-bond acceptors (Lipinski definition) is 5. The fourth-order valence-corrected chi connectivity index (χ4v) is 2.54. The fourth-order valence-electron chi connectivity index (χ4n) is 2.54. The molecule has 3 rings (SSSR count). The van der Waals surface area contributed by atoms with Crippen molar-refractivity contribution in [3.63, 3.8) is 0 Å². The van der Waals surface area contributed by atoms with Crippen molar-refractivity contribution in [3.8, 4) is 5.88 Å². The molecule has 2 amide bonds. The highest BCUT2D eigenvalue weighted by Crippen LogP contribution is 2.21. The van der Waals surface area contributed by atoms with Crippen molar-refractivity contribution in [2.75, 3.05) is 16.0 Å². The highest BCUT2D eigenvalue weighted by atomic mass is 19.1. The number of para-hydroxylation sites is 1. The van der Waals surface area contributed by atoms with Crippen LogP contribution in [0.25, 0.3) is 0 Å². The standard InChI is InChI=1S/C21H22FN5O2/c1-13(2)29-20-12-19(23-14(3)24-20)25-15-8-10-16(11-9-15)26-21(28)27-18-7-5-4-6-17(18)22/h4-13H,1-3H3,(H,23,24,25)(H2,26,27,28). The number of nitrogens with zero attached hydrogens (tertiary/aromatic N) is 2. The van der Waals surface area contributed by atoms with Crippen LogP contribution in [0.4, 0.5) is 32.1 Å². The zero-order chi connectivity index (χ0) is 20.8. The Bertz CT molecular complexity index is 993. The highest BCUT2D eigenvalue weighted by Gasteiger charge is 2.08. The minimum atomic E-state index is -0.530. The lowest BCUT2D eigenvalue weighted by Gasteiger charge is -2.12. The van der Waals surface area contributed by atoms with E-state index in [2.05, 4.69) is 25.9 Å². The van der Waals surface area contributed by atoms with E-state index in [0.29, 0.717) is 23.2 Å². The van der Waals surface area contributed by atoms with Gasteiger partial charge in [0.05, 0.1) is 11.8 Å². The lowest BCUT2D eigenvalue weighted by atomic mass is 10.2. The minimum absolute atomic E-state index is 0.0121. The number of rotatable bonds is 6. The molecule has 2 aromatic carbocycles. The van der Waals surface area contributed by atoms with Gasteiger partial charge in [-0.1, -0.05) is 12.1 Å². The Morgan fingerprint density at radius 1 is 1.00 bits per heavy atom. The van der Waals surface area contributed by atoms with Gasteiger partial charge in [0.1, 0.15) is 17.5 Å². The molecule has 3 N–H and O–H groups in total. The zero-order valence-electron chi connectivity index (χ0n) is 16.4. The number of hydrogen-bond donors (Lipinski definition) is 3. The summed E-state index contributed by atoms with van der Waals surface area (Å²) >= 11 is 0. The maximum absolute atomic E-state index is 13.6. The smallest absolute Gasteiger partial charge is 0.323 e. The van der Waals surface area contributed by atoms with E-state index in [1.54, 1.807) is 49.4 Å². The molecule has 0 saturated carbocycles. The first-order valence-corrected chi connectivity index (χ1v) is 9.11. The van der Waals surface area contributed by atoms with Crippen molar-refractivity contribution in [3.05, 3.63) is 66.2 Å². The molecule has 7 nitrogen and oxygen atoms in total. The van der Waals surface area contributed by atoms with E-state index in [1.807, 2.05) is 13.8 Å². The quantitative estimate of drug-likeness (QED) is 0.540. The molecular formula is C21H22FN5O2. The predicted molar refractivity (Wildman–Crippen MR) is 111 cm³/mol. The molecule has 8 heteroatoms. The molecule has 3 aromatic rings. The molecule has 0 unspecified atom stereocenters. The number of urea groups is 1. The second kappa shape index (κ2) is 9.01. The lowest BCUT2D eigenvalue weighted by Crippen LogP contribution is -2.20. The average molecular weight is 395 g/mol. The molecule has 0 aliphatic heterocycles. The molecule has 0 atom stereocenters. The van der Waals surface area contributed by atoms with Crippen LogP contribution in [-0.4, -0.2) is 22.1 Å². The minimum Gasteiger partial charge on any atom is -0.475 e. The van der Waals surface area contributed by atoms with Gasteiger partial charge in [-0.2, -0.15) is 4.98 Å². The summed E-state index contributed by atoms with van der Waals surface area (Å²) in [4.78, 5) is 20.6. The van der Waals surface area contributed by atoms with Crippen LogP contribution in [0.15, 0.2) is 54.6 Å². The Balaban J connectivity index is 1.62. The van der Waals surface area contributed by atoms with Gasteiger partial charge in [-0.25, -0.2) is 14.2 Å². The largest absolute Gasteiger partial charge is 0.475 e. The molecule has 150 valence electrons. The van der Waals surface area contributed by atoms with Gasteiger partial charge in [-0.15, -0.1) is 0 Å². The molecular weight excluding hydrogens is 373 g/mol. The van der Waals surface area contributed by atoms with Gasteiger partial charge in [-0.3, -0.25) is 0 Å². The third-order valence-corrected chi connectivity index (χ3v) is 3.71. The number of nitrogens with one attached hydrogen (secondary N) is 3. The summed E-state index contributed by atoms with van der Waals surface area (Å²) in [7, 11) is 0. The summed E-state index contributed by atoms with van der Waals surface area (Å²) < 4.78 is 19.2. The molecule has 0 aliphatic rings. The Hall–Kier alpha value is -3.68. The Labute approximate surface area is 168 Å². The third kappa shape index (κ3) is 5.90. The monoisotopic (exact) mass is 395 g/mol. The number of carbonyl (C=O) groups is 1. The van der Waals surface area contributed by atoms with E-state index in [1.165, 1.54) is 12.1 Å². The summed E-state index contributed by atoms with van der Waals surface area (Å²) in [5, 5.41) is 8.31. The van der Waals surface area contributed by atoms with Crippen molar-refractivity contribution in [1.82, 2.24) is 9.97 Å². The maximum Gasteiger partial charge on any atom is 0.323 e. The lowest BCUT2D eigenvalue weighted by molar-refractivity contribution is 0.232. The summed E-state index contributed by atoms with van der Waals surface area (Å²) in [5.41, 5.74) is 1.45. The number of anilines is 4. The number of aromatic nitrogens is 2. The van der Waals surface area contributed by atoms with Crippen molar-refractivity contribution in [2.24, 2.45) is 0 Å². The second-order valence-corrected chi connectivity index (χ2v) is 6.57. The molecule has 1 aromatic heterocycles. The van der Waals surface area contributed by atoms with E-state index >= 15 is 0 Å². The van der Waals surface area contributed by atoms with E-state index in [4.69, 9.17) is 4.74 Å². The van der Waals surface area contributed by atoms with Crippen molar-refractivity contribution in [1.29, 1.82) is 0 Å². The summed E-state index contributed by atoms with van der Waals surface area (Å²) in [5.74, 6) is 1.20. The average Bonchev–Trinajstić information content (AvgIpc) is 2.64. The topological polar surface area (TPSA) is 88.2 Å². The Morgan fingerprint density at radius 2 is 1.69 bits per heavy atom. The first kappa shape index (κ1) is 20.1. The van der Waals surface area contributed by atoms with Gasteiger partial charge in [0.15, 0.2) is 0 Å². The van der Waals surface area contributed by atoms with Crippen LogP contribution in [0.2, 0.25) is 0 Å². The van der Waals surface area contributed by atoms with Crippen LogP contribution in [0.1, 0.15) is 19.7 Å². The van der Waals surface area contributed by atoms with Crippen molar-refractivity contribution < 1.29 is 13.9 Å². The van der Waals surface area contributed by atoms with Gasteiger partial charge in [0, 0.05) is 17.4 Å². The summed E-state index contributed by atoms with van der Waals surface area (Å²) in [6, 6.07) is 14.2. The normalized spacial score (nSPS) is 10.5. The maximum atomic E-state index is 13.6. The first-order chi connectivity index (χ1) is 13.9. The molecule has 0 aliphatic carbocycles. The van der Waals surface area contributed by atoms with E-state index in [-0.39, 0.29) is 11.8 Å². The van der Waals surface area contributed by atoms with Gasteiger partial charge in [-0.05, 0) is 57.2 Å². The number of aryl methyl sites for hydroxylation is 1. The van der Waals surface area contributed by atoms with Crippen LogP contribution in [-0.2, 0) is 0 Å². The van der Waals surface area contributed by atoms with Crippen LogP contribution in [0, 0.1) is 12.7 Å². The van der Waals surface area contributed by atoms with Gasteiger partial charge in [0.25, 0.3) is 0 Å². The molecule has 0 bridgehead atoms. The molecule has 1 heterocycles. The van der Waals surface area contributed by atoms with Gasteiger partial charge in [0.2, 0.25) is 5.88 Å². The second-order valence-electron chi connectivity index (χ2n) is 6.57. The van der Waals surface area contributed by atoms with Crippen LogP contribution in [0.3, 0.4) is 0 Å². The molecule has 0 radical (unpaired) electrons. The number of amides is 2. The Morgan fingerprint density at radius 3 is 2.38 bits per heavy atom. The number of carbonyl (C=O) groups excluding carboxylic acids is 1. The first-order valence-electron chi connectivity index (χ1n) is 9.11. The third-order valence-electron chi connectivity index (χ3n) is 3.71.